The lowest BCUT2D eigenvalue weighted by Crippen LogP contribution is -2.10. The van der Waals surface area contributed by atoms with Gasteiger partial charge in [-0.25, -0.2) is 4.79 Å². The topological polar surface area (TPSA) is 92.3 Å². The number of nitrogens with one attached hydrogen (secondary N) is 1. The average Bonchev–Trinajstić information content (AvgIpc) is 2.08. The number of hydrogen-bond acceptors (Lipinski definition) is 4. The second-order valence-electron chi connectivity index (χ2n) is 2.25. The maximum Gasteiger partial charge on any atom is 0.345 e. The fourth-order valence-corrected chi connectivity index (χ4v) is 0.665. The third-order valence-corrected chi connectivity index (χ3v) is 1.23. The first-order chi connectivity index (χ1) is 6.18. The van der Waals surface area contributed by atoms with Gasteiger partial charge in [0.15, 0.2) is 5.75 Å². The number of rotatable bonds is 4. The van der Waals surface area contributed by atoms with Crippen LogP contribution in [-0.4, -0.2) is 27.7 Å². The molecule has 1 heterocycles. The first-order valence-corrected chi connectivity index (χ1v) is 3.58. The standard InChI is InChI=1S/C7H8N2O4/c10-6(11)1-2-13-5-3-8-7(12)9-4-5/h3-4H,1-2H2,(H,10,11)(H,8,9,12). The van der Waals surface area contributed by atoms with Gasteiger partial charge in [-0.3, -0.25) is 4.79 Å². The van der Waals surface area contributed by atoms with Crippen molar-refractivity contribution in [1.82, 2.24) is 9.97 Å². The van der Waals surface area contributed by atoms with Gasteiger partial charge >= 0.3 is 11.7 Å². The fourth-order valence-electron chi connectivity index (χ4n) is 0.665. The Kier molecular flexibility index (Phi) is 3.02. The molecule has 6 nitrogen and oxygen atoms in total. The summed E-state index contributed by atoms with van der Waals surface area (Å²) in [6.07, 6.45) is 2.48. The largest absolute Gasteiger partial charge is 0.490 e. The summed E-state index contributed by atoms with van der Waals surface area (Å²) in [5.41, 5.74) is -0.467. The van der Waals surface area contributed by atoms with Crippen LogP contribution in [0.1, 0.15) is 6.42 Å². The second kappa shape index (κ2) is 4.24. The van der Waals surface area contributed by atoms with Crippen LogP contribution < -0.4 is 10.4 Å². The summed E-state index contributed by atoms with van der Waals surface area (Å²) in [5.74, 6) is -0.585. The molecule has 0 saturated carbocycles. The molecule has 70 valence electrons. The molecule has 1 rings (SSSR count). The maximum atomic E-state index is 10.5. The number of aromatic amines is 1. The van der Waals surface area contributed by atoms with E-state index in [9.17, 15) is 9.59 Å². The van der Waals surface area contributed by atoms with E-state index < -0.39 is 11.7 Å². The van der Waals surface area contributed by atoms with Crippen LogP contribution in [0.15, 0.2) is 17.2 Å². The molecule has 0 unspecified atom stereocenters. The number of carboxylic acids is 1. The molecule has 2 N–H and O–H groups in total. The van der Waals surface area contributed by atoms with Crippen molar-refractivity contribution < 1.29 is 14.6 Å². The summed E-state index contributed by atoms with van der Waals surface area (Å²) in [6.45, 7) is 0.0586. The third-order valence-electron chi connectivity index (χ3n) is 1.23. The highest BCUT2D eigenvalue weighted by atomic mass is 16.5. The molecule has 0 fully saturated rings. The smallest absolute Gasteiger partial charge is 0.345 e. The van der Waals surface area contributed by atoms with Crippen LogP contribution >= 0.6 is 0 Å². The van der Waals surface area contributed by atoms with E-state index in [0.29, 0.717) is 5.75 Å². The quantitative estimate of drug-likeness (QED) is 0.665. The van der Waals surface area contributed by atoms with Crippen molar-refractivity contribution in [2.24, 2.45) is 0 Å². The molecule has 0 bridgehead atoms. The van der Waals surface area contributed by atoms with Crippen molar-refractivity contribution in [3.8, 4) is 5.75 Å². The Balaban J connectivity index is 2.41. The zero-order chi connectivity index (χ0) is 9.68. The summed E-state index contributed by atoms with van der Waals surface area (Å²) < 4.78 is 4.96. The molecule has 6 heteroatoms. The molecule has 0 spiro atoms. The average molecular weight is 184 g/mol. The van der Waals surface area contributed by atoms with Crippen molar-refractivity contribution in [1.29, 1.82) is 0 Å². The molecule has 13 heavy (non-hydrogen) atoms. The molecule has 0 aliphatic carbocycles. The lowest BCUT2D eigenvalue weighted by atomic mass is 10.5. The number of H-pyrrole nitrogens is 1. The normalized spacial score (nSPS) is 9.54. The number of carboxylic acid groups (broad SMARTS) is 1. The lowest BCUT2D eigenvalue weighted by Gasteiger charge is -2.01. The van der Waals surface area contributed by atoms with Crippen LogP contribution in [0.5, 0.6) is 5.75 Å². The minimum Gasteiger partial charge on any atom is -0.490 e. The number of aliphatic carboxylic acids is 1. The highest BCUT2D eigenvalue weighted by molar-refractivity contribution is 5.66. The molecule has 0 aliphatic rings. The van der Waals surface area contributed by atoms with E-state index in [-0.39, 0.29) is 13.0 Å². The summed E-state index contributed by atoms with van der Waals surface area (Å²) >= 11 is 0. The highest BCUT2D eigenvalue weighted by Crippen LogP contribution is 2.02. The Hall–Kier alpha value is -1.85. The van der Waals surface area contributed by atoms with E-state index in [2.05, 4.69) is 9.97 Å². The second-order valence-corrected chi connectivity index (χ2v) is 2.25. The summed E-state index contributed by atoms with van der Waals surface area (Å²) in [6, 6.07) is 0. The Bertz CT molecular complexity index is 326. The van der Waals surface area contributed by atoms with Gasteiger partial charge < -0.3 is 14.8 Å². The van der Waals surface area contributed by atoms with Gasteiger partial charge in [-0.2, -0.15) is 4.98 Å². The minimum absolute atomic E-state index is 0.0586. The van der Waals surface area contributed by atoms with Crippen LogP contribution in [0.2, 0.25) is 0 Å². The SMILES string of the molecule is O=C(O)CCOc1cnc(=O)[nH]c1. The summed E-state index contributed by atoms with van der Waals surface area (Å²) in [5, 5.41) is 8.28. The number of aromatic nitrogens is 2. The number of hydrogen-bond donors (Lipinski definition) is 2. The van der Waals surface area contributed by atoms with Crippen LogP contribution in [0.4, 0.5) is 0 Å². The summed E-state index contributed by atoms with van der Waals surface area (Å²) in [4.78, 5) is 26.3. The van der Waals surface area contributed by atoms with Gasteiger partial charge in [0.25, 0.3) is 0 Å². The van der Waals surface area contributed by atoms with Crippen molar-refractivity contribution in [2.75, 3.05) is 6.61 Å². The number of ether oxygens (including phenoxy) is 1. The van der Waals surface area contributed by atoms with Crippen LogP contribution in [0.3, 0.4) is 0 Å². The van der Waals surface area contributed by atoms with E-state index in [0.717, 1.165) is 0 Å². The monoisotopic (exact) mass is 184 g/mol. The molecule has 0 saturated heterocycles. The molecule has 0 aromatic carbocycles. The fraction of sp³-hybridized carbons (Fsp3) is 0.286. The Morgan fingerprint density at radius 3 is 3.00 bits per heavy atom. The maximum absolute atomic E-state index is 10.5. The first kappa shape index (κ1) is 9.24. The van der Waals surface area contributed by atoms with Gasteiger partial charge in [-0.1, -0.05) is 0 Å². The first-order valence-electron chi connectivity index (χ1n) is 3.58. The summed E-state index contributed by atoms with van der Waals surface area (Å²) in [7, 11) is 0. The molecule has 0 amide bonds. The highest BCUT2D eigenvalue weighted by Gasteiger charge is 1.98. The van der Waals surface area contributed by atoms with Crippen molar-refractivity contribution >= 4 is 5.97 Å². The van der Waals surface area contributed by atoms with E-state index in [4.69, 9.17) is 9.84 Å². The molecule has 0 radical (unpaired) electrons. The van der Waals surface area contributed by atoms with E-state index >= 15 is 0 Å². The molecule has 1 aromatic rings. The van der Waals surface area contributed by atoms with E-state index in [1.54, 1.807) is 0 Å². The van der Waals surface area contributed by atoms with Gasteiger partial charge in [0.05, 0.1) is 19.2 Å². The van der Waals surface area contributed by atoms with Crippen LogP contribution in [0, 0.1) is 0 Å². The van der Waals surface area contributed by atoms with Crippen molar-refractivity contribution in [3.63, 3.8) is 0 Å². The van der Waals surface area contributed by atoms with Crippen LogP contribution in [0.25, 0.3) is 0 Å². The van der Waals surface area contributed by atoms with Gasteiger partial charge in [-0.15, -0.1) is 0 Å². The minimum atomic E-state index is -0.933. The predicted octanol–water partition coefficient (Wildman–Crippen LogP) is -0.377. The van der Waals surface area contributed by atoms with Gasteiger partial charge in [-0.05, 0) is 0 Å². The zero-order valence-corrected chi connectivity index (χ0v) is 6.69. The molecular weight excluding hydrogens is 176 g/mol. The number of nitrogens with zero attached hydrogens (tertiary/aromatic N) is 1. The van der Waals surface area contributed by atoms with E-state index in [1.807, 2.05) is 0 Å². The third kappa shape index (κ3) is 3.37. The predicted molar refractivity (Wildman–Crippen MR) is 42.6 cm³/mol. The van der Waals surface area contributed by atoms with E-state index in [1.165, 1.54) is 12.4 Å². The van der Waals surface area contributed by atoms with Gasteiger partial charge in [0.2, 0.25) is 0 Å². The zero-order valence-electron chi connectivity index (χ0n) is 6.69. The Labute approximate surface area is 73.2 Å². The number of carbonyl (C=O) groups is 1. The Morgan fingerprint density at radius 2 is 2.46 bits per heavy atom. The Morgan fingerprint density at radius 1 is 1.69 bits per heavy atom. The van der Waals surface area contributed by atoms with Gasteiger partial charge in [0.1, 0.15) is 0 Å². The van der Waals surface area contributed by atoms with Crippen LogP contribution in [-0.2, 0) is 4.79 Å². The van der Waals surface area contributed by atoms with Crippen molar-refractivity contribution in [2.45, 2.75) is 6.42 Å². The molecular formula is C7H8N2O4. The molecule has 0 aliphatic heterocycles. The lowest BCUT2D eigenvalue weighted by molar-refractivity contribution is -0.137. The molecule has 0 atom stereocenters. The van der Waals surface area contributed by atoms with Crippen molar-refractivity contribution in [3.05, 3.63) is 22.9 Å². The van der Waals surface area contributed by atoms with Gasteiger partial charge in [0, 0.05) is 6.20 Å². The molecule has 1 aromatic heterocycles.